The Kier molecular flexibility index (Phi) is 3.24. The molecule has 2 saturated heterocycles. The maximum Gasteiger partial charge on any atom is 0.488 e. The Morgan fingerprint density at radius 3 is 3.00 bits per heavy atom. The van der Waals surface area contributed by atoms with Gasteiger partial charge in [-0.3, -0.25) is 19.3 Å². The maximum atomic E-state index is 11.7. The Morgan fingerprint density at radius 1 is 1.43 bits per heavy atom. The second-order valence-electron chi connectivity index (χ2n) is 5.24. The summed E-state index contributed by atoms with van der Waals surface area (Å²) in [4.78, 5) is 41.2. The lowest BCUT2D eigenvalue weighted by atomic mass is 10.1. The monoisotopic (exact) mass is 341 g/mol. The summed E-state index contributed by atoms with van der Waals surface area (Å²) in [5.74, 6) is 0. The number of aromatic nitrogens is 4. The number of aliphatic hydroxyl groups is 1. The lowest BCUT2D eigenvalue weighted by molar-refractivity contribution is -0.0603. The van der Waals surface area contributed by atoms with Gasteiger partial charge in [0.2, 0.25) is 0 Å². The first-order valence-electron chi connectivity index (χ1n) is 6.62. The Bertz CT molecular complexity index is 878. The van der Waals surface area contributed by atoms with E-state index in [1.165, 1.54) is 10.9 Å². The summed E-state index contributed by atoms with van der Waals surface area (Å²) >= 11 is 0. The highest BCUT2D eigenvalue weighted by atomic mass is 31.2. The van der Waals surface area contributed by atoms with Crippen LogP contribution in [-0.2, 0) is 13.8 Å². The number of nitrogens with zero attached hydrogens (tertiary/aromatic N) is 2. The third-order valence-corrected chi connectivity index (χ3v) is 4.81. The van der Waals surface area contributed by atoms with Gasteiger partial charge in [-0.2, -0.15) is 9.05 Å². The number of aromatic amines is 2. The molecule has 2 aromatic heterocycles. The van der Waals surface area contributed by atoms with E-state index >= 15 is 0 Å². The fourth-order valence-corrected chi connectivity index (χ4v) is 3.77. The van der Waals surface area contributed by atoms with Gasteiger partial charge in [-0.05, 0) is 0 Å². The van der Waals surface area contributed by atoms with Crippen molar-refractivity contribution in [1.29, 1.82) is 0 Å². The van der Waals surface area contributed by atoms with Gasteiger partial charge in [-0.25, -0.2) is 14.7 Å². The van der Waals surface area contributed by atoms with E-state index in [-0.39, 0.29) is 17.8 Å². The van der Waals surface area contributed by atoms with Gasteiger partial charge in [-0.1, -0.05) is 0 Å². The molecule has 2 aromatic rings. The topological polar surface area (TPSA) is 152 Å². The lowest BCUT2D eigenvalue weighted by Gasteiger charge is -2.27. The van der Waals surface area contributed by atoms with Crippen molar-refractivity contribution in [3.8, 4) is 0 Å². The second-order valence-corrected chi connectivity index (χ2v) is 6.84. The Balaban J connectivity index is 1.75. The van der Waals surface area contributed by atoms with Crippen molar-refractivity contribution in [2.75, 3.05) is 6.61 Å². The number of fused-ring (bicyclic) bond motifs is 2. The zero-order valence-electron chi connectivity index (χ0n) is 11.4. The zero-order chi connectivity index (χ0) is 16.4. The molecule has 2 radical (unpaired) electrons. The molecule has 2 unspecified atom stereocenters. The molecule has 0 aliphatic carbocycles. The molecule has 0 spiro atoms. The van der Waals surface area contributed by atoms with Crippen LogP contribution in [0, 0.1) is 0 Å². The number of aliphatic hydroxyl groups excluding tert-OH is 1. The van der Waals surface area contributed by atoms with Crippen molar-refractivity contribution in [3.63, 3.8) is 0 Å². The molecule has 4 rings (SSSR count). The first kappa shape index (κ1) is 15.0. The first-order chi connectivity index (χ1) is 10.9. The zero-order valence-corrected chi connectivity index (χ0v) is 12.3. The van der Waals surface area contributed by atoms with Crippen molar-refractivity contribution < 1.29 is 23.8 Å². The first-order valence-corrected chi connectivity index (χ1v) is 8.26. The van der Waals surface area contributed by atoms with E-state index in [0.717, 1.165) is 0 Å². The number of ether oxygens (including phenoxy) is 1. The van der Waals surface area contributed by atoms with Crippen molar-refractivity contribution in [3.05, 3.63) is 27.2 Å². The Hall–Kier alpha value is -1.56. The number of hydrogen-bond donors (Lipinski definition) is 4. The molecule has 4 N–H and O–H groups in total. The average Bonchev–Trinajstić information content (AvgIpc) is 3.00. The quantitative estimate of drug-likeness (QED) is 0.341. The van der Waals surface area contributed by atoms with E-state index in [1.54, 1.807) is 0 Å². The van der Waals surface area contributed by atoms with Crippen LogP contribution >= 0.6 is 7.82 Å². The predicted molar refractivity (Wildman–Crippen MR) is 76.6 cm³/mol. The molecular weight excluding hydrogens is 330 g/mol. The lowest BCUT2D eigenvalue weighted by Crippen LogP contribution is -2.40. The molecule has 4 heterocycles. The van der Waals surface area contributed by atoms with Crippen LogP contribution in [0.3, 0.4) is 0 Å². The van der Waals surface area contributed by atoms with Crippen LogP contribution in [0.15, 0.2) is 15.9 Å². The van der Waals surface area contributed by atoms with Crippen LogP contribution in [0.2, 0.25) is 0 Å². The van der Waals surface area contributed by atoms with Crippen LogP contribution in [0.5, 0.6) is 0 Å². The second kappa shape index (κ2) is 4.97. The molecule has 11 nitrogen and oxygen atoms in total. The van der Waals surface area contributed by atoms with Crippen molar-refractivity contribution >= 4 is 26.6 Å². The van der Waals surface area contributed by atoms with Crippen LogP contribution in [0.25, 0.3) is 11.2 Å². The summed E-state index contributed by atoms with van der Waals surface area (Å²) in [5, 5.41) is 10.4. The van der Waals surface area contributed by atoms with Gasteiger partial charge in [0.25, 0.3) is 5.56 Å². The predicted octanol–water partition coefficient (Wildman–Crippen LogP) is -2.07. The third kappa shape index (κ3) is 2.35. The van der Waals surface area contributed by atoms with Gasteiger partial charge >= 0.3 is 21.1 Å². The molecule has 2 aliphatic rings. The number of rotatable bonds is 1. The van der Waals surface area contributed by atoms with Crippen LogP contribution in [-0.4, -0.2) is 62.0 Å². The van der Waals surface area contributed by atoms with Crippen molar-refractivity contribution in [2.45, 2.75) is 24.5 Å². The highest BCUT2D eigenvalue weighted by Gasteiger charge is 2.56. The highest BCUT2D eigenvalue weighted by molar-refractivity contribution is 7.85. The molecule has 2 fully saturated rings. The molecule has 0 aromatic carbocycles. The fraction of sp³-hybridized carbons (Fsp3) is 0.500. The van der Waals surface area contributed by atoms with E-state index in [2.05, 4.69) is 15.0 Å². The number of nitrogens with one attached hydrogen (secondary N) is 2. The summed E-state index contributed by atoms with van der Waals surface area (Å²) in [7, 11) is 1.95. The smallest absolute Gasteiger partial charge is 0.385 e. The number of H-pyrrole nitrogens is 2. The van der Waals surface area contributed by atoms with E-state index in [1.807, 2.05) is 0 Å². The summed E-state index contributed by atoms with van der Waals surface area (Å²) in [5.41, 5.74) is -1.28. The molecular formula is C10H11BN4O7P+. The minimum Gasteiger partial charge on any atom is -0.385 e. The molecule has 0 saturated carbocycles. The number of imidazole rings is 1. The van der Waals surface area contributed by atoms with Crippen LogP contribution < -0.4 is 11.2 Å². The summed E-state index contributed by atoms with van der Waals surface area (Å²) < 4.78 is 17.1. The van der Waals surface area contributed by atoms with Gasteiger partial charge in [0.1, 0.15) is 24.5 Å². The van der Waals surface area contributed by atoms with Gasteiger partial charge in [0, 0.05) is 0 Å². The summed E-state index contributed by atoms with van der Waals surface area (Å²) in [6.07, 6.45) is -2.51. The van der Waals surface area contributed by atoms with E-state index in [0.29, 0.717) is 0 Å². The van der Waals surface area contributed by atoms with E-state index in [4.69, 9.17) is 21.4 Å². The third-order valence-electron chi connectivity index (χ3n) is 3.75. The molecule has 13 heteroatoms. The number of hydrogen-bond acceptors (Lipinski definition) is 8. The maximum absolute atomic E-state index is 11.7. The SMILES string of the molecule is [B][P+]1(O)OC[C@H]2O[C@@H](n3cnc4c(=O)[nH]c(=O)[nH]c43)C(O)[C@@H]2O1. The normalized spacial score (nSPS) is 37.1. The highest BCUT2D eigenvalue weighted by Crippen LogP contribution is 2.58. The Morgan fingerprint density at radius 2 is 2.22 bits per heavy atom. The molecule has 23 heavy (non-hydrogen) atoms. The van der Waals surface area contributed by atoms with E-state index in [9.17, 15) is 19.6 Å². The van der Waals surface area contributed by atoms with Crippen LogP contribution in [0.4, 0.5) is 0 Å². The van der Waals surface area contributed by atoms with Gasteiger partial charge in [-0.15, -0.1) is 0 Å². The van der Waals surface area contributed by atoms with Gasteiger partial charge in [0.15, 0.2) is 17.8 Å². The van der Waals surface area contributed by atoms with Crippen LogP contribution in [0.1, 0.15) is 6.23 Å². The van der Waals surface area contributed by atoms with Gasteiger partial charge in [0.05, 0.1) is 6.33 Å². The largest absolute Gasteiger partial charge is 0.488 e. The average molecular weight is 341 g/mol. The molecule has 0 bridgehead atoms. The van der Waals surface area contributed by atoms with Crippen molar-refractivity contribution in [1.82, 2.24) is 19.5 Å². The molecule has 0 amide bonds. The molecule has 2 aliphatic heterocycles. The fourth-order valence-electron chi connectivity index (χ4n) is 2.74. The molecule has 5 atom stereocenters. The standard InChI is InChI=1S/C10H11BN4O7P/c11-23(19)20-1-3-6(22-23)5(16)9(21-3)15-2-12-4-7(15)13-10(18)14-8(4)17/h2-3,5-6,9,16,19H,1H2,(H2,13,14,17,18)/q+1/t3-,5?,6-,9-,23?/m1/s1. The Labute approximate surface area is 129 Å². The summed E-state index contributed by atoms with van der Waals surface area (Å²) in [6.45, 7) is -0.0528. The summed E-state index contributed by atoms with van der Waals surface area (Å²) in [6, 6.07) is 0. The van der Waals surface area contributed by atoms with Gasteiger partial charge < -0.3 is 9.84 Å². The molecule has 120 valence electrons. The van der Waals surface area contributed by atoms with E-state index < -0.39 is 43.6 Å². The minimum atomic E-state index is -3.49. The minimum absolute atomic E-state index is 0.00438. The van der Waals surface area contributed by atoms with Crippen molar-refractivity contribution in [2.24, 2.45) is 0 Å².